The van der Waals surface area contributed by atoms with E-state index in [0.717, 1.165) is 0 Å². The fourth-order valence-corrected chi connectivity index (χ4v) is 1.39. The number of carbonyl (C=O) groups is 1. The van der Waals surface area contributed by atoms with Crippen molar-refractivity contribution < 1.29 is 13.2 Å². The Bertz CT molecular complexity index is 440. The Morgan fingerprint density at radius 2 is 1.53 bits per heavy atom. The van der Waals surface area contributed by atoms with E-state index in [-0.39, 0.29) is 39.9 Å². The van der Waals surface area contributed by atoms with Gasteiger partial charge in [-0.2, -0.15) is 17.1 Å². The predicted molar refractivity (Wildman–Crippen MR) is 57.1 cm³/mol. The van der Waals surface area contributed by atoms with E-state index in [1.54, 1.807) is 0 Å². The van der Waals surface area contributed by atoms with Crippen LogP contribution in [0.1, 0.15) is 10.4 Å². The maximum Gasteiger partial charge on any atom is 0.252 e. The van der Waals surface area contributed by atoms with Crippen molar-refractivity contribution in [3.63, 3.8) is 0 Å². The maximum atomic E-state index is 10.9. The molecule has 0 aromatic heterocycles. The van der Waals surface area contributed by atoms with Crippen molar-refractivity contribution in [3.8, 4) is 0 Å². The standard InChI is InChI=1S/C7H3ClN2O3S2/c8-7(11)4-1-5(9-14-12)3-6(2-4)10-15-13/h1-3H. The van der Waals surface area contributed by atoms with Crippen LogP contribution in [0.2, 0.25) is 0 Å². The number of nitrogens with zero attached hydrogens (tertiary/aromatic N) is 2. The molecule has 0 heterocycles. The summed E-state index contributed by atoms with van der Waals surface area (Å²) in [5.74, 6) is 0. The van der Waals surface area contributed by atoms with Crippen molar-refractivity contribution in [1.29, 1.82) is 0 Å². The van der Waals surface area contributed by atoms with Crippen LogP contribution >= 0.6 is 11.6 Å². The summed E-state index contributed by atoms with van der Waals surface area (Å²) in [5, 5.41) is -0.699. The fourth-order valence-electron chi connectivity index (χ4n) is 0.900. The van der Waals surface area contributed by atoms with Gasteiger partial charge < -0.3 is 0 Å². The minimum absolute atomic E-state index is 0.00405. The third-order valence-electron chi connectivity index (χ3n) is 1.41. The Morgan fingerprint density at radius 3 is 1.87 bits per heavy atom. The highest BCUT2D eigenvalue weighted by atomic mass is 35.5. The van der Waals surface area contributed by atoms with Crippen LogP contribution in [0.4, 0.5) is 11.4 Å². The second-order valence-corrected chi connectivity index (χ2v) is 3.35. The van der Waals surface area contributed by atoms with Gasteiger partial charge in [0.2, 0.25) is 22.9 Å². The first-order chi connectivity index (χ1) is 7.17. The summed E-state index contributed by atoms with van der Waals surface area (Å²) in [7, 11) is 0. The molecule has 1 aromatic rings. The first-order valence-corrected chi connectivity index (χ1v) is 5.30. The van der Waals surface area contributed by atoms with Crippen LogP contribution in [0.3, 0.4) is 0 Å². The smallest absolute Gasteiger partial charge is 0.252 e. The summed E-state index contributed by atoms with van der Waals surface area (Å²) in [6.45, 7) is 0. The van der Waals surface area contributed by atoms with Crippen molar-refractivity contribution in [3.05, 3.63) is 23.8 Å². The number of rotatable bonds is 3. The number of halogens is 1. The Labute approximate surface area is 96.9 Å². The molecule has 1 aromatic carbocycles. The maximum absolute atomic E-state index is 10.9. The van der Waals surface area contributed by atoms with E-state index in [0.29, 0.717) is 0 Å². The first kappa shape index (κ1) is 11.9. The Balaban J connectivity index is 3.37. The number of carbonyl (C=O) groups excluding carboxylic acids is 1. The zero-order valence-electron chi connectivity index (χ0n) is 7.05. The minimum Gasteiger partial charge on any atom is -0.276 e. The van der Waals surface area contributed by atoms with Gasteiger partial charge in [-0.05, 0) is 29.8 Å². The van der Waals surface area contributed by atoms with E-state index < -0.39 is 5.24 Å². The molecule has 0 radical (unpaired) electrons. The van der Waals surface area contributed by atoms with E-state index in [1.165, 1.54) is 18.2 Å². The highest BCUT2D eigenvalue weighted by molar-refractivity contribution is 7.55. The van der Waals surface area contributed by atoms with Gasteiger partial charge in [-0.25, -0.2) is 0 Å². The SMILES string of the molecule is O=S=Nc1cc(N=S=O)cc(C(=O)Cl)c1. The van der Waals surface area contributed by atoms with Crippen LogP contribution < -0.4 is 0 Å². The lowest BCUT2D eigenvalue weighted by molar-refractivity contribution is 0.108. The molecule has 0 atom stereocenters. The molecule has 15 heavy (non-hydrogen) atoms. The van der Waals surface area contributed by atoms with Gasteiger partial charge in [0.15, 0.2) is 0 Å². The molecule has 0 amide bonds. The molecule has 1 rings (SSSR count). The van der Waals surface area contributed by atoms with Crippen LogP contribution in [0, 0.1) is 0 Å². The molecule has 0 N–H and O–H groups in total. The summed E-state index contributed by atoms with van der Waals surface area (Å²) >= 11 is 5.25. The molecule has 5 nitrogen and oxygen atoms in total. The van der Waals surface area contributed by atoms with E-state index in [1.807, 2.05) is 0 Å². The molecule has 0 aliphatic heterocycles. The Kier molecular flexibility index (Phi) is 4.47. The molecule has 0 saturated heterocycles. The topological polar surface area (TPSA) is 75.9 Å². The molecule has 0 aliphatic carbocycles. The lowest BCUT2D eigenvalue weighted by atomic mass is 10.2. The van der Waals surface area contributed by atoms with Crippen molar-refractivity contribution in [2.75, 3.05) is 0 Å². The zero-order valence-corrected chi connectivity index (χ0v) is 9.43. The van der Waals surface area contributed by atoms with Crippen LogP contribution in [0.5, 0.6) is 0 Å². The predicted octanol–water partition coefficient (Wildman–Crippen LogP) is 2.12. The second kappa shape index (κ2) is 5.64. The highest BCUT2D eigenvalue weighted by Crippen LogP contribution is 2.24. The van der Waals surface area contributed by atoms with E-state index >= 15 is 0 Å². The summed E-state index contributed by atoms with van der Waals surface area (Å²) in [4.78, 5) is 10.9. The summed E-state index contributed by atoms with van der Waals surface area (Å²) < 4.78 is 27.3. The van der Waals surface area contributed by atoms with Gasteiger partial charge in [-0.3, -0.25) is 4.79 Å². The largest absolute Gasteiger partial charge is 0.276 e. The van der Waals surface area contributed by atoms with Gasteiger partial charge in [0.1, 0.15) is 0 Å². The minimum atomic E-state index is -0.699. The lowest BCUT2D eigenvalue weighted by Gasteiger charge is -1.97. The Morgan fingerprint density at radius 1 is 1.07 bits per heavy atom. The average molecular weight is 263 g/mol. The number of benzene rings is 1. The molecule has 0 spiro atoms. The summed E-state index contributed by atoms with van der Waals surface area (Å²) in [6, 6.07) is 4.09. The van der Waals surface area contributed by atoms with Crippen molar-refractivity contribution in [2.45, 2.75) is 0 Å². The normalized spacial score (nSPS) is 9.13. The van der Waals surface area contributed by atoms with E-state index in [4.69, 9.17) is 11.6 Å². The molecule has 78 valence electrons. The third kappa shape index (κ3) is 3.46. The highest BCUT2D eigenvalue weighted by Gasteiger charge is 2.05. The third-order valence-corrected chi connectivity index (χ3v) is 2.20. The fraction of sp³-hybridized carbons (Fsp3) is 0. The summed E-state index contributed by atoms with van der Waals surface area (Å²) in [5.41, 5.74) is 0.628. The number of hydrogen-bond acceptors (Lipinski definition) is 5. The first-order valence-electron chi connectivity index (χ1n) is 3.52. The van der Waals surface area contributed by atoms with E-state index in [2.05, 4.69) is 8.73 Å². The molecule has 0 unspecified atom stereocenters. The molecule has 0 saturated carbocycles. The van der Waals surface area contributed by atoms with Crippen molar-refractivity contribution in [2.24, 2.45) is 8.73 Å². The van der Waals surface area contributed by atoms with Gasteiger partial charge in [-0.1, -0.05) is 0 Å². The van der Waals surface area contributed by atoms with Gasteiger partial charge in [-0.15, -0.1) is 0 Å². The lowest BCUT2D eigenvalue weighted by Crippen LogP contribution is -1.87. The number of hydrogen-bond donors (Lipinski definition) is 0. The Hall–Kier alpha value is -1.18. The second-order valence-electron chi connectivity index (χ2n) is 2.34. The van der Waals surface area contributed by atoms with Crippen LogP contribution in [-0.4, -0.2) is 13.7 Å². The van der Waals surface area contributed by atoms with E-state index in [9.17, 15) is 13.2 Å². The molecule has 0 fully saturated rings. The molecule has 0 bridgehead atoms. The summed E-state index contributed by atoms with van der Waals surface area (Å²) in [6.07, 6.45) is 0. The molecular weight excluding hydrogens is 260 g/mol. The molecular formula is C7H3ClN2O3S2. The zero-order chi connectivity index (χ0) is 11.3. The molecule has 0 aliphatic rings. The van der Waals surface area contributed by atoms with Gasteiger partial charge >= 0.3 is 0 Å². The molecule has 8 heteroatoms. The van der Waals surface area contributed by atoms with Crippen LogP contribution in [-0.2, 0) is 22.9 Å². The monoisotopic (exact) mass is 262 g/mol. The quantitative estimate of drug-likeness (QED) is 0.783. The van der Waals surface area contributed by atoms with Crippen LogP contribution in [0.15, 0.2) is 26.9 Å². The van der Waals surface area contributed by atoms with Gasteiger partial charge in [0.05, 0.1) is 11.4 Å². The van der Waals surface area contributed by atoms with Crippen molar-refractivity contribution >= 4 is 51.1 Å². The van der Waals surface area contributed by atoms with Crippen LogP contribution in [0.25, 0.3) is 0 Å². The van der Waals surface area contributed by atoms with Crippen molar-refractivity contribution in [1.82, 2.24) is 0 Å². The van der Waals surface area contributed by atoms with Gasteiger partial charge in [0, 0.05) is 5.56 Å². The van der Waals surface area contributed by atoms with Gasteiger partial charge in [0.25, 0.3) is 5.24 Å². The average Bonchev–Trinajstić information content (AvgIpc) is 2.18.